The summed E-state index contributed by atoms with van der Waals surface area (Å²) in [7, 11) is -1.14. The maximum atomic E-state index is 13.5. The van der Waals surface area contributed by atoms with Gasteiger partial charge in [0.25, 0.3) is 0 Å². The lowest BCUT2D eigenvalue weighted by atomic mass is 10.1. The number of nitrogens with one attached hydrogen (secondary N) is 1. The van der Waals surface area contributed by atoms with Crippen LogP contribution in [0, 0.1) is 5.82 Å². The van der Waals surface area contributed by atoms with Crippen molar-refractivity contribution in [2.45, 2.75) is 17.9 Å². The number of carbonyl (C=O) groups excluding carboxylic acids is 1. The summed E-state index contributed by atoms with van der Waals surface area (Å²) in [5, 5.41) is 2.70. The highest BCUT2D eigenvalue weighted by molar-refractivity contribution is 7.89. The molecule has 7 nitrogen and oxygen atoms in total. The normalized spacial score (nSPS) is 11.3. The summed E-state index contributed by atoms with van der Waals surface area (Å²) in [6, 6.07) is 19.4. The summed E-state index contributed by atoms with van der Waals surface area (Å²) in [4.78, 5) is 12.7. The molecular formula is C25H27FN2O5S. The topological polar surface area (TPSA) is 84.9 Å². The van der Waals surface area contributed by atoms with Crippen LogP contribution in [0.4, 0.5) is 4.39 Å². The molecule has 0 aliphatic rings. The second-order valence-corrected chi connectivity index (χ2v) is 9.43. The van der Waals surface area contributed by atoms with Crippen LogP contribution in [-0.4, -0.2) is 45.9 Å². The Kier molecular flexibility index (Phi) is 8.61. The summed E-state index contributed by atoms with van der Waals surface area (Å²) in [5.41, 5.74) is 1.65. The fraction of sp³-hybridized carbons (Fsp3) is 0.240. The largest absolute Gasteiger partial charge is 0.493 e. The SMILES string of the molecule is COc1ccc(S(=O)(=O)N(CCc2ccccc2)CC(=O)NCc2ccc(F)cc2)cc1OC. The molecule has 0 aliphatic heterocycles. The van der Waals surface area contributed by atoms with Gasteiger partial charge >= 0.3 is 0 Å². The monoisotopic (exact) mass is 486 g/mol. The van der Waals surface area contributed by atoms with Crippen LogP contribution >= 0.6 is 0 Å². The van der Waals surface area contributed by atoms with Crippen LogP contribution in [0.3, 0.4) is 0 Å². The Labute approximate surface area is 199 Å². The van der Waals surface area contributed by atoms with Gasteiger partial charge in [0, 0.05) is 19.2 Å². The van der Waals surface area contributed by atoms with Crippen LogP contribution < -0.4 is 14.8 Å². The highest BCUT2D eigenvalue weighted by Crippen LogP contribution is 2.30. The number of nitrogens with zero attached hydrogens (tertiary/aromatic N) is 1. The zero-order valence-electron chi connectivity index (χ0n) is 19.0. The predicted molar refractivity (Wildman–Crippen MR) is 127 cm³/mol. The third-order valence-corrected chi connectivity index (χ3v) is 7.05. The molecule has 0 spiro atoms. The average molecular weight is 487 g/mol. The first-order chi connectivity index (χ1) is 16.3. The molecule has 34 heavy (non-hydrogen) atoms. The van der Waals surface area contributed by atoms with Gasteiger partial charge in [0.2, 0.25) is 15.9 Å². The quantitative estimate of drug-likeness (QED) is 0.449. The lowest BCUT2D eigenvalue weighted by molar-refractivity contribution is -0.121. The summed E-state index contributed by atoms with van der Waals surface area (Å²) in [6.07, 6.45) is 0.429. The van der Waals surface area contributed by atoms with Crippen LogP contribution in [-0.2, 0) is 27.8 Å². The molecule has 0 aromatic heterocycles. The van der Waals surface area contributed by atoms with Crippen molar-refractivity contribution in [2.24, 2.45) is 0 Å². The molecule has 9 heteroatoms. The number of methoxy groups -OCH3 is 2. The number of rotatable bonds is 11. The maximum absolute atomic E-state index is 13.5. The molecule has 0 atom stereocenters. The number of halogens is 1. The van der Waals surface area contributed by atoms with E-state index < -0.39 is 15.9 Å². The van der Waals surface area contributed by atoms with E-state index in [4.69, 9.17) is 9.47 Å². The zero-order valence-corrected chi connectivity index (χ0v) is 19.8. The van der Waals surface area contributed by atoms with Crippen LogP contribution in [0.1, 0.15) is 11.1 Å². The average Bonchev–Trinajstić information content (AvgIpc) is 2.86. The summed E-state index contributed by atoms with van der Waals surface area (Å²) >= 11 is 0. The summed E-state index contributed by atoms with van der Waals surface area (Å²) in [6.45, 7) is -0.114. The first-order valence-electron chi connectivity index (χ1n) is 10.6. The molecule has 0 fully saturated rings. The Hall–Kier alpha value is -3.43. The van der Waals surface area contributed by atoms with Crippen LogP contribution in [0.5, 0.6) is 11.5 Å². The smallest absolute Gasteiger partial charge is 0.243 e. The molecule has 0 unspecified atom stereocenters. The highest BCUT2D eigenvalue weighted by atomic mass is 32.2. The zero-order chi connectivity index (χ0) is 24.6. The van der Waals surface area contributed by atoms with Crippen molar-refractivity contribution in [1.82, 2.24) is 9.62 Å². The van der Waals surface area contributed by atoms with E-state index in [1.165, 1.54) is 44.6 Å². The third kappa shape index (κ3) is 6.55. The fourth-order valence-electron chi connectivity index (χ4n) is 3.33. The molecule has 0 bridgehead atoms. The van der Waals surface area contributed by atoms with Crippen molar-refractivity contribution >= 4 is 15.9 Å². The number of carbonyl (C=O) groups is 1. The van der Waals surface area contributed by atoms with Crippen LogP contribution in [0.25, 0.3) is 0 Å². The number of benzene rings is 3. The number of ether oxygens (including phenoxy) is 2. The molecule has 1 amide bonds. The van der Waals surface area contributed by atoms with E-state index in [-0.39, 0.29) is 36.1 Å². The molecule has 0 saturated carbocycles. The van der Waals surface area contributed by atoms with Gasteiger partial charge in [0.05, 0.1) is 25.7 Å². The van der Waals surface area contributed by atoms with E-state index in [2.05, 4.69) is 5.32 Å². The minimum absolute atomic E-state index is 0.00968. The number of amides is 1. The van der Waals surface area contributed by atoms with Gasteiger partial charge in [-0.25, -0.2) is 12.8 Å². The summed E-state index contributed by atoms with van der Waals surface area (Å²) in [5.74, 6) is -0.175. The van der Waals surface area contributed by atoms with E-state index >= 15 is 0 Å². The van der Waals surface area contributed by atoms with Crippen molar-refractivity contribution in [2.75, 3.05) is 27.3 Å². The van der Waals surface area contributed by atoms with Gasteiger partial charge in [0.15, 0.2) is 11.5 Å². The molecule has 180 valence electrons. The van der Waals surface area contributed by atoms with Gasteiger partial charge < -0.3 is 14.8 Å². The van der Waals surface area contributed by atoms with E-state index in [9.17, 15) is 17.6 Å². The lowest BCUT2D eigenvalue weighted by Crippen LogP contribution is -2.41. The van der Waals surface area contributed by atoms with Crippen LogP contribution in [0.2, 0.25) is 0 Å². The minimum atomic E-state index is -4.03. The Morgan fingerprint density at radius 2 is 1.59 bits per heavy atom. The molecule has 0 saturated heterocycles. The predicted octanol–water partition coefficient (Wildman–Crippen LogP) is 3.39. The van der Waals surface area contributed by atoms with Gasteiger partial charge in [0.1, 0.15) is 5.82 Å². The van der Waals surface area contributed by atoms with Gasteiger partial charge in [-0.1, -0.05) is 42.5 Å². The Balaban J connectivity index is 1.80. The van der Waals surface area contributed by atoms with Gasteiger partial charge in [-0.3, -0.25) is 4.79 Å². The van der Waals surface area contributed by atoms with Crippen molar-refractivity contribution in [3.63, 3.8) is 0 Å². The second kappa shape index (κ2) is 11.6. The second-order valence-electron chi connectivity index (χ2n) is 7.49. The lowest BCUT2D eigenvalue weighted by Gasteiger charge is -2.22. The van der Waals surface area contributed by atoms with Crippen molar-refractivity contribution in [1.29, 1.82) is 0 Å². The van der Waals surface area contributed by atoms with E-state index in [0.29, 0.717) is 17.7 Å². The van der Waals surface area contributed by atoms with Gasteiger partial charge in [-0.15, -0.1) is 0 Å². The van der Waals surface area contributed by atoms with E-state index in [0.717, 1.165) is 9.87 Å². The fourth-order valence-corrected chi connectivity index (χ4v) is 4.74. The van der Waals surface area contributed by atoms with E-state index in [1.54, 1.807) is 12.1 Å². The van der Waals surface area contributed by atoms with Crippen LogP contribution in [0.15, 0.2) is 77.7 Å². The molecule has 0 aliphatic carbocycles. The molecule has 3 aromatic carbocycles. The van der Waals surface area contributed by atoms with Gasteiger partial charge in [-0.05, 0) is 41.8 Å². The standard InChI is InChI=1S/C25H27FN2O5S/c1-32-23-13-12-22(16-24(23)33-2)34(30,31)28(15-14-19-6-4-3-5-7-19)18-25(29)27-17-20-8-10-21(26)11-9-20/h3-13,16H,14-15,17-18H2,1-2H3,(H,27,29). The molecule has 1 N–H and O–H groups in total. The maximum Gasteiger partial charge on any atom is 0.243 e. The first kappa shape index (κ1) is 25.2. The van der Waals surface area contributed by atoms with Crippen molar-refractivity contribution < 1.29 is 27.1 Å². The molecular weight excluding hydrogens is 459 g/mol. The number of hydrogen-bond acceptors (Lipinski definition) is 5. The number of sulfonamides is 1. The highest BCUT2D eigenvalue weighted by Gasteiger charge is 2.27. The molecule has 3 rings (SSSR count). The molecule has 3 aromatic rings. The molecule has 0 heterocycles. The first-order valence-corrected chi connectivity index (χ1v) is 12.0. The Bertz CT molecular complexity index is 1200. The summed E-state index contributed by atoms with van der Waals surface area (Å²) < 4.78 is 51.6. The van der Waals surface area contributed by atoms with Crippen molar-refractivity contribution in [3.05, 3.63) is 89.7 Å². The van der Waals surface area contributed by atoms with E-state index in [1.807, 2.05) is 30.3 Å². The number of hydrogen-bond donors (Lipinski definition) is 1. The Morgan fingerprint density at radius 1 is 0.912 bits per heavy atom. The van der Waals surface area contributed by atoms with Crippen molar-refractivity contribution in [3.8, 4) is 11.5 Å². The molecule has 0 radical (unpaired) electrons. The third-order valence-electron chi connectivity index (χ3n) is 5.21. The Morgan fingerprint density at radius 3 is 2.24 bits per heavy atom. The van der Waals surface area contributed by atoms with Gasteiger partial charge in [-0.2, -0.15) is 4.31 Å². The minimum Gasteiger partial charge on any atom is -0.493 e.